The van der Waals surface area contributed by atoms with E-state index < -0.39 is 28.1 Å². The van der Waals surface area contributed by atoms with Crippen LogP contribution in [0.2, 0.25) is 0 Å². The Labute approximate surface area is 246 Å². The van der Waals surface area contributed by atoms with Crippen LogP contribution in [0, 0.1) is 0 Å². The highest BCUT2D eigenvalue weighted by Crippen LogP contribution is 2.19. The van der Waals surface area contributed by atoms with Crippen molar-refractivity contribution >= 4 is 27.8 Å². The fourth-order valence-electron chi connectivity index (χ4n) is 4.83. The monoisotopic (exact) mass is 595 g/mol. The van der Waals surface area contributed by atoms with Gasteiger partial charge >= 0.3 is 5.97 Å². The van der Waals surface area contributed by atoms with E-state index >= 15 is 0 Å². The third-order valence-corrected chi connectivity index (χ3v) is 8.94. The van der Waals surface area contributed by atoms with E-state index in [4.69, 9.17) is 0 Å². The predicted octanol–water partition coefficient (Wildman–Crippen LogP) is 1.62. The molecule has 1 aromatic heterocycles. The van der Waals surface area contributed by atoms with Gasteiger partial charge in [0.2, 0.25) is 0 Å². The first-order chi connectivity index (χ1) is 20.1. The van der Waals surface area contributed by atoms with Gasteiger partial charge in [0.1, 0.15) is 11.6 Å². The predicted molar refractivity (Wildman–Crippen MR) is 160 cm³/mol. The lowest BCUT2D eigenvalue weighted by molar-refractivity contribution is -0.142. The number of carbonyl (C=O) groups is 2. The maximum atomic E-state index is 12.8. The molecule has 3 aromatic rings. The first kappa shape index (κ1) is 30.9. The number of nitrogens with zero attached hydrogens (tertiary/aromatic N) is 3. The van der Waals surface area contributed by atoms with E-state index in [1.807, 2.05) is 54.6 Å². The Bertz CT molecular complexity index is 1550. The van der Waals surface area contributed by atoms with Gasteiger partial charge in [0.25, 0.3) is 21.7 Å². The number of esters is 1. The van der Waals surface area contributed by atoms with Gasteiger partial charge < -0.3 is 19.5 Å². The van der Waals surface area contributed by atoms with Crippen LogP contribution in [-0.2, 0) is 46.2 Å². The first-order valence-electron chi connectivity index (χ1n) is 13.8. The Morgan fingerprint density at radius 3 is 2.21 bits per heavy atom. The van der Waals surface area contributed by atoms with E-state index in [1.165, 1.54) is 22.9 Å². The molecule has 224 valence electrons. The number of carbonyl (C=O) groups excluding carboxylic acids is 2. The first-order valence-corrected chi connectivity index (χ1v) is 15.2. The number of aryl methyl sites for hydroxylation is 3. The number of aromatic nitrogens is 1. The number of pyridine rings is 1. The van der Waals surface area contributed by atoms with Crippen LogP contribution in [0.1, 0.15) is 34.0 Å². The summed E-state index contributed by atoms with van der Waals surface area (Å²) < 4.78 is 35.0. The number of nitrogens with one attached hydrogen (secondary N) is 2. The molecule has 1 atom stereocenters. The van der Waals surface area contributed by atoms with Crippen molar-refractivity contribution in [1.82, 2.24) is 18.9 Å². The molecule has 0 aliphatic carbocycles. The third kappa shape index (κ3) is 7.84. The van der Waals surface area contributed by atoms with E-state index in [-0.39, 0.29) is 11.1 Å². The van der Waals surface area contributed by atoms with Gasteiger partial charge in [-0.1, -0.05) is 42.5 Å². The van der Waals surface area contributed by atoms with Crippen molar-refractivity contribution in [2.24, 2.45) is 7.05 Å². The zero-order valence-corrected chi connectivity index (χ0v) is 24.9. The Balaban J connectivity index is 1.31. The Morgan fingerprint density at radius 2 is 1.57 bits per heavy atom. The quantitative estimate of drug-likeness (QED) is 0.322. The van der Waals surface area contributed by atoms with Crippen LogP contribution in [0.15, 0.2) is 71.7 Å². The highest BCUT2D eigenvalue weighted by molar-refractivity contribution is 7.87. The van der Waals surface area contributed by atoms with Crippen molar-refractivity contribution in [2.75, 3.05) is 38.2 Å². The molecule has 11 nitrogen and oxygen atoms in total. The lowest BCUT2D eigenvalue weighted by Crippen LogP contribution is -2.54. The molecule has 0 bridgehead atoms. The summed E-state index contributed by atoms with van der Waals surface area (Å²) in [4.78, 5) is 39.1. The average molecular weight is 596 g/mol. The van der Waals surface area contributed by atoms with Crippen LogP contribution in [0.25, 0.3) is 0 Å². The molecule has 0 unspecified atom stereocenters. The van der Waals surface area contributed by atoms with Gasteiger partial charge in [-0.2, -0.15) is 17.4 Å². The molecule has 0 spiro atoms. The minimum Gasteiger partial charge on any atom is -0.468 e. The minimum absolute atomic E-state index is 0.123. The maximum Gasteiger partial charge on any atom is 0.323 e. The molecule has 0 radical (unpaired) electrons. The van der Waals surface area contributed by atoms with Crippen LogP contribution in [-0.4, -0.2) is 68.5 Å². The molecule has 1 saturated heterocycles. The van der Waals surface area contributed by atoms with Gasteiger partial charge in [-0.3, -0.25) is 14.4 Å². The van der Waals surface area contributed by atoms with Crippen molar-refractivity contribution in [3.05, 3.63) is 99.5 Å². The van der Waals surface area contributed by atoms with Gasteiger partial charge in [0.15, 0.2) is 0 Å². The summed E-state index contributed by atoms with van der Waals surface area (Å²) in [5.74, 6) is -1.04. The number of rotatable bonds is 11. The van der Waals surface area contributed by atoms with Gasteiger partial charge in [0, 0.05) is 51.7 Å². The lowest BCUT2D eigenvalue weighted by atomic mass is 10.0. The van der Waals surface area contributed by atoms with Gasteiger partial charge in [0.05, 0.1) is 7.11 Å². The Kier molecular flexibility index (Phi) is 10.2. The molecule has 1 aliphatic heterocycles. The fraction of sp³-hybridized carbons (Fsp3) is 0.367. The Morgan fingerprint density at radius 1 is 0.929 bits per heavy atom. The molecule has 12 heteroatoms. The van der Waals surface area contributed by atoms with Gasteiger partial charge in [-0.15, -0.1) is 0 Å². The summed E-state index contributed by atoms with van der Waals surface area (Å²) in [6, 6.07) is 18.3. The molecule has 2 heterocycles. The van der Waals surface area contributed by atoms with Crippen LogP contribution in [0.3, 0.4) is 0 Å². The van der Waals surface area contributed by atoms with Crippen molar-refractivity contribution < 1.29 is 22.7 Å². The average Bonchev–Trinajstić information content (AvgIpc) is 3.00. The molecule has 1 fully saturated rings. The number of anilines is 1. The largest absolute Gasteiger partial charge is 0.468 e. The summed E-state index contributed by atoms with van der Waals surface area (Å²) in [7, 11) is -0.941. The van der Waals surface area contributed by atoms with E-state index in [0.717, 1.165) is 28.8 Å². The number of methoxy groups -OCH3 is 1. The van der Waals surface area contributed by atoms with Crippen LogP contribution >= 0.6 is 0 Å². The summed E-state index contributed by atoms with van der Waals surface area (Å²) >= 11 is 0. The summed E-state index contributed by atoms with van der Waals surface area (Å²) in [6.07, 6.45) is 3.14. The van der Waals surface area contributed by atoms with Crippen LogP contribution in [0.4, 0.5) is 5.69 Å². The van der Waals surface area contributed by atoms with Crippen molar-refractivity contribution in [3.8, 4) is 0 Å². The zero-order valence-electron chi connectivity index (χ0n) is 24.1. The topological polar surface area (TPSA) is 130 Å². The molecule has 2 aromatic carbocycles. The van der Waals surface area contributed by atoms with Crippen LogP contribution < -0.4 is 20.5 Å². The lowest BCUT2D eigenvalue weighted by Gasteiger charge is -2.35. The second kappa shape index (κ2) is 13.8. The summed E-state index contributed by atoms with van der Waals surface area (Å²) in [5.41, 5.74) is 3.72. The molecule has 1 aliphatic rings. The number of hydrogen-bond acceptors (Lipinski definition) is 7. The van der Waals surface area contributed by atoms with Crippen molar-refractivity contribution in [1.29, 1.82) is 0 Å². The second-order valence-corrected chi connectivity index (χ2v) is 12.0. The molecular weight excluding hydrogens is 558 g/mol. The Hall–Kier alpha value is -4.00. The normalized spacial score (nSPS) is 14.8. The van der Waals surface area contributed by atoms with Crippen LogP contribution in [0.5, 0.6) is 0 Å². The third-order valence-electron chi connectivity index (χ3n) is 7.24. The van der Waals surface area contributed by atoms with E-state index in [0.29, 0.717) is 39.1 Å². The van der Waals surface area contributed by atoms with E-state index in [9.17, 15) is 22.8 Å². The van der Waals surface area contributed by atoms with Crippen molar-refractivity contribution in [2.45, 2.75) is 32.4 Å². The molecule has 42 heavy (non-hydrogen) atoms. The van der Waals surface area contributed by atoms with E-state index in [2.05, 4.69) is 19.7 Å². The summed E-state index contributed by atoms with van der Waals surface area (Å²) in [6.45, 7) is 3.40. The molecule has 1 amide bonds. The number of piperazine rings is 1. The number of ether oxygens (including phenoxy) is 1. The minimum atomic E-state index is -3.80. The standard InChI is InChI=1S/C30H37N5O6S/c1-22(30(38)41-3)32-42(39,40)35-17-15-34(16-18-35)26-13-11-23(12-14-26)9-10-25-19-27(29(37)33(2)21-25)28(36)31-20-24-7-5-4-6-8-24/h4-8,11-14,19,21-22,32H,9-10,15-18,20H2,1-3H3,(H,31,36)/t22-/m1/s1. The molecule has 2 N–H and O–H groups in total. The second-order valence-electron chi connectivity index (χ2n) is 10.3. The van der Waals surface area contributed by atoms with Gasteiger partial charge in [-0.25, -0.2) is 0 Å². The number of hydrogen-bond donors (Lipinski definition) is 2. The van der Waals surface area contributed by atoms with Crippen molar-refractivity contribution in [3.63, 3.8) is 0 Å². The molecule has 4 rings (SSSR count). The fourth-order valence-corrected chi connectivity index (χ4v) is 6.16. The highest BCUT2D eigenvalue weighted by Gasteiger charge is 2.30. The SMILES string of the molecule is COC(=O)[C@@H](C)NS(=O)(=O)N1CCN(c2ccc(CCc3cc(C(=O)NCc4ccccc4)c(=O)n(C)c3)cc2)CC1. The maximum absolute atomic E-state index is 12.8. The molecular formula is C30H37N5O6S. The highest BCUT2D eigenvalue weighted by atomic mass is 32.2. The van der Waals surface area contributed by atoms with E-state index in [1.54, 1.807) is 19.3 Å². The number of amides is 1. The summed E-state index contributed by atoms with van der Waals surface area (Å²) in [5, 5.41) is 2.83. The molecule has 0 saturated carbocycles. The zero-order chi connectivity index (χ0) is 30.3. The number of benzene rings is 2. The smallest absolute Gasteiger partial charge is 0.323 e. The van der Waals surface area contributed by atoms with Gasteiger partial charge in [-0.05, 0) is 54.7 Å².